The van der Waals surface area contributed by atoms with Gasteiger partial charge in [-0.25, -0.2) is 8.42 Å². The first kappa shape index (κ1) is 19.4. The molecule has 0 saturated carbocycles. The molecule has 0 bridgehead atoms. The minimum Gasteiger partial charge on any atom is -0.376 e. The van der Waals surface area contributed by atoms with Gasteiger partial charge in [-0.15, -0.1) is 0 Å². The molecular weight excluding hydrogens is 364 g/mol. The van der Waals surface area contributed by atoms with Gasteiger partial charge < -0.3 is 10.1 Å². The van der Waals surface area contributed by atoms with Gasteiger partial charge in [-0.05, 0) is 68.1 Å². The lowest BCUT2D eigenvalue weighted by Crippen LogP contribution is -2.31. The lowest BCUT2D eigenvalue weighted by Gasteiger charge is -2.12. The molecule has 0 radical (unpaired) electrons. The number of rotatable bonds is 6. The monoisotopic (exact) mass is 388 g/mol. The lowest BCUT2D eigenvalue weighted by molar-refractivity contribution is 0.0858. The molecule has 0 spiro atoms. The highest BCUT2D eigenvalue weighted by atomic mass is 32.2. The molecule has 1 atom stereocenters. The zero-order chi connectivity index (χ0) is 19.4. The topological polar surface area (TPSA) is 84.5 Å². The van der Waals surface area contributed by atoms with E-state index >= 15 is 0 Å². The molecular formula is C20H24N2O4S. The van der Waals surface area contributed by atoms with Crippen molar-refractivity contribution in [3.05, 3.63) is 59.2 Å². The molecule has 2 aromatic carbocycles. The number of anilines is 1. The fraction of sp³-hybridized carbons (Fsp3) is 0.350. The van der Waals surface area contributed by atoms with E-state index in [-0.39, 0.29) is 16.9 Å². The van der Waals surface area contributed by atoms with Crippen LogP contribution in [-0.2, 0) is 14.8 Å². The van der Waals surface area contributed by atoms with Crippen LogP contribution in [0.1, 0.15) is 34.3 Å². The molecule has 0 unspecified atom stereocenters. The number of hydrogen-bond acceptors (Lipinski definition) is 4. The smallest absolute Gasteiger partial charge is 0.262 e. The van der Waals surface area contributed by atoms with Gasteiger partial charge in [0, 0.05) is 24.4 Å². The minimum atomic E-state index is -3.69. The maximum absolute atomic E-state index is 12.6. The number of hydrogen-bond donors (Lipinski definition) is 2. The molecule has 2 aromatic rings. The number of carbonyl (C=O) groups excluding carboxylic acids is 1. The van der Waals surface area contributed by atoms with Crippen LogP contribution in [0.15, 0.2) is 47.4 Å². The first-order valence-corrected chi connectivity index (χ1v) is 10.4. The standard InChI is InChI=1S/C20H24N2O4S/c1-14-5-6-15(2)19(12-14)27(24,25)22-17-9-7-16(8-10-17)20(23)21-13-18-4-3-11-26-18/h5-10,12,18,22H,3-4,11,13H2,1-2H3,(H,21,23)/t18-/m1/s1. The third kappa shape index (κ3) is 4.87. The van der Waals surface area contributed by atoms with Crippen molar-refractivity contribution >= 4 is 21.6 Å². The number of carbonyl (C=O) groups is 1. The van der Waals surface area contributed by atoms with Crippen molar-refractivity contribution in [2.45, 2.75) is 37.7 Å². The van der Waals surface area contributed by atoms with Crippen LogP contribution in [0.5, 0.6) is 0 Å². The highest BCUT2D eigenvalue weighted by Crippen LogP contribution is 2.21. The van der Waals surface area contributed by atoms with E-state index < -0.39 is 10.0 Å². The van der Waals surface area contributed by atoms with Gasteiger partial charge in [0.1, 0.15) is 0 Å². The van der Waals surface area contributed by atoms with E-state index in [2.05, 4.69) is 10.0 Å². The van der Waals surface area contributed by atoms with Crippen molar-refractivity contribution in [3.8, 4) is 0 Å². The summed E-state index contributed by atoms with van der Waals surface area (Å²) in [5.74, 6) is -0.200. The quantitative estimate of drug-likeness (QED) is 0.797. The Labute approximate surface area is 160 Å². The summed E-state index contributed by atoms with van der Waals surface area (Å²) in [5.41, 5.74) is 2.44. The maximum Gasteiger partial charge on any atom is 0.262 e. The summed E-state index contributed by atoms with van der Waals surface area (Å²) in [4.78, 5) is 12.4. The van der Waals surface area contributed by atoms with Crippen LogP contribution in [0.4, 0.5) is 5.69 Å². The number of aryl methyl sites for hydroxylation is 2. The van der Waals surface area contributed by atoms with Gasteiger partial charge in [-0.3, -0.25) is 9.52 Å². The van der Waals surface area contributed by atoms with Crippen LogP contribution < -0.4 is 10.0 Å². The molecule has 0 aromatic heterocycles. The molecule has 27 heavy (non-hydrogen) atoms. The zero-order valence-electron chi connectivity index (χ0n) is 15.5. The number of sulfonamides is 1. The zero-order valence-corrected chi connectivity index (χ0v) is 16.3. The molecule has 1 fully saturated rings. The summed E-state index contributed by atoms with van der Waals surface area (Å²) in [6.07, 6.45) is 2.06. The van der Waals surface area contributed by atoms with E-state index in [0.29, 0.717) is 23.4 Å². The Balaban J connectivity index is 1.66. The Bertz CT molecular complexity index is 917. The Morgan fingerprint density at radius 1 is 1.15 bits per heavy atom. The van der Waals surface area contributed by atoms with Gasteiger partial charge in [0.05, 0.1) is 11.0 Å². The molecule has 3 rings (SSSR count). The van der Waals surface area contributed by atoms with Crippen molar-refractivity contribution in [3.63, 3.8) is 0 Å². The van der Waals surface area contributed by atoms with E-state index in [0.717, 1.165) is 25.0 Å². The lowest BCUT2D eigenvalue weighted by atomic mass is 10.2. The van der Waals surface area contributed by atoms with Gasteiger partial charge in [0.2, 0.25) is 0 Å². The largest absolute Gasteiger partial charge is 0.376 e. The predicted octanol–water partition coefficient (Wildman–Crippen LogP) is 3.01. The molecule has 1 amide bonds. The number of benzene rings is 2. The van der Waals surface area contributed by atoms with Gasteiger partial charge in [-0.1, -0.05) is 12.1 Å². The summed E-state index contributed by atoms with van der Waals surface area (Å²) in [6.45, 7) is 4.84. The first-order chi connectivity index (χ1) is 12.8. The number of nitrogens with one attached hydrogen (secondary N) is 2. The molecule has 1 saturated heterocycles. The van der Waals surface area contributed by atoms with Crippen LogP contribution in [-0.4, -0.2) is 33.6 Å². The van der Waals surface area contributed by atoms with Gasteiger partial charge in [0.15, 0.2) is 0 Å². The molecule has 0 aliphatic carbocycles. The summed E-state index contributed by atoms with van der Waals surface area (Å²) in [7, 11) is -3.69. The Kier molecular flexibility index (Phi) is 5.82. The van der Waals surface area contributed by atoms with Crippen molar-refractivity contribution in [1.29, 1.82) is 0 Å². The fourth-order valence-corrected chi connectivity index (χ4v) is 4.40. The van der Waals surface area contributed by atoms with Crippen LogP contribution in [0, 0.1) is 13.8 Å². The van der Waals surface area contributed by atoms with E-state index in [1.165, 1.54) is 0 Å². The Hall–Kier alpha value is -2.38. The third-order valence-electron chi connectivity index (χ3n) is 4.55. The highest BCUT2D eigenvalue weighted by Gasteiger charge is 2.18. The molecule has 2 N–H and O–H groups in total. The second-order valence-electron chi connectivity index (χ2n) is 6.80. The molecule has 1 heterocycles. The normalized spacial score (nSPS) is 16.9. The van der Waals surface area contributed by atoms with Crippen molar-refractivity contribution in [2.24, 2.45) is 0 Å². The molecule has 1 aliphatic heterocycles. The van der Waals surface area contributed by atoms with Crippen LogP contribution >= 0.6 is 0 Å². The average Bonchev–Trinajstić information content (AvgIpc) is 3.15. The van der Waals surface area contributed by atoms with Crippen LogP contribution in [0.25, 0.3) is 0 Å². The van der Waals surface area contributed by atoms with Crippen molar-refractivity contribution < 1.29 is 17.9 Å². The van der Waals surface area contributed by atoms with Crippen molar-refractivity contribution in [2.75, 3.05) is 17.9 Å². The third-order valence-corrected chi connectivity index (χ3v) is 6.07. The first-order valence-electron chi connectivity index (χ1n) is 8.95. The number of amides is 1. The summed E-state index contributed by atoms with van der Waals surface area (Å²) in [6, 6.07) is 11.7. The van der Waals surface area contributed by atoms with Gasteiger partial charge in [-0.2, -0.15) is 0 Å². The van der Waals surface area contributed by atoms with E-state index in [4.69, 9.17) is 4.74 Å². The van der Waals surface area contributed by atoms with Crippen molar-refractivity contribution in [1.82, 2.24) is 5.32 Å². The summed E-state index contributed by atoms with van der Waals surface area (Å²) >= 11 is 0. The van der Waals surface area contributed by atoms with Gasteiger partial charge >= 0.3 is 0 Å². The molecule has 6 nitrogen and oxygen atoms in total. The highest BCUT2D eigenvalue weighted by molar-refractivity contribution is 7.92. The SMILES string of the molecule is Cc1ccc(C)c(S(=O)(=O)Nc2ccc(C(=O)NC[C@H]3CCCO3)cc2)c1. The van der Waals surface area contributed by atoms with E-state index in [1.807, 2.05) is 13.0 Å². The van der Waals surface area contributed by atoms with Crippen LogP contribution in [0.3, 0.4) is 0 Å². The van der Waals surface area contributed by atoms with Crippen LogP contribution in [0.2, 0.25) is 0 Å². The van der Waals surface area contributed by atoms with E-state index in [1.54, 1.807) is 43.3 Å². The van der Waals surface area contributed by atoms with E-state index in [9.17, 15) is 13.2 Å². The molecule has 7 heteroatoms. The maximum atomic E-state index is 12.6. The fourth-order valence-electron chi connectivity index (χ4n) is 3.01. The minimum absolute atomic E-state index is 0.0811. The summed E-state index contributed by atoms with van der Waals surface area (Å²) < 4.78 is 33.3. The second kappa shape index (κ2) is 8.10. The second-order valence-corrected chi connectivity index (χ2v) is 8.45. The number of ether oxygens (including phenoxy) is 1. The average molecular weight is 388 g/mol. The molecule has 1 aliphatic rings. The predicted molar refractivity (Wildman–Crippen MR) is 104 cm³/mol. The Morgan fingerprint density at radius 3 is 2.56 bits per heavy atom. The summed E-state index contributed by atoms with van der Waals surface area (Å²) in [5, 5.41) is 2.85. The van der Waals surface area contributed by atoms with Gasteiger partial charge in [0.25, 0.3) is 15.9 Å². The Morgan fingerprint density at radius 2 is 1.89 bits per heavy atom. The molecule has 144 valence electrons.